The average molecular weight is 870 g/mol. The number of para-hydroxylation sites is 1. The Hall–Kier alpha value is -6.23. The van der Waals surface area contributed by atoms with Crippen molar-refractivity contribution in [2.45, 2.75) is 70.5 Å². The minimum Gasteiger partial charge on any atom is -0.457 e. The third-order valence-corrected chi connectivity index (χ3v) is 13.2. The van der Waals surface area contributed by atoms with Gasteiger partial charge in [0.05, 0.1) is 11.4 Å². The number of carbonyl (C=O) groups is 4. The molecule has 64 heavy (non-hydrogen) atoms. The van der Waals surface area contributed by atoms with Gasteiger partial charge in [0.1, 0.15) is 35.4 Å². The molecule has 0 spiro atoms. The van der Waals surface area contributed by atoms with Crippen LogP contribution in [0.4, 0.5) is 11.5 Å². The first kappa shape index (κ1) is 44.4. The molecule has 1 unspecified atom stereocenters. The lowest BCUT2D eigenvalue weighted by Crippen LogP contribution is -2.54. The number of rotatable bonds is 10. The lowest BCUT2D eigenvalue weighted by Gasteiger charge is -2.43. The van der Waals surface area contributed by atoms with E-state index in [4.69, 9.17) is 15.6 Å². The maximum atomic E-state index is 13.1. The average Bonchev–Trinajstić information content (AvgIpc) is 3.72. The number of hydrogen-bond donors (Lipinski definition) is 2. The Morgan fingerprint density at radius 1 is 0.859 bits per heavy atom. The van der Waals surface area contributed by atoms with Gasteiger partial charge in [-0.3, -0.25) is 34.3 Å². The maximum absolute atomic E-state index is 13.1. The maximum Gasteiger partial charge on any atom is 0.261 e. The molecule has 1 atom stereocenters. The van der Waals surface area contributed by atoms with E-state index >= 15 is 0 Å². The van der Waals surface area contributed by atoms with Crippen molar-refractivity contribution in [1.82, 2.24) is 44.7 Å². The van der Waals surface area contributed by atoms with Gasteiger partial charge in [-0.25, -0.2) is 14.6 Å². The third kappa shape index (κ3) is 9.93. The fourth-order valence-electron chi connectivity index (χ4n) is 9.38. The Labute approximate surface area is 374 Å². The number of nitrogens with two attached hydrogens (primary N) is 1. The third-order valence-electron chi connectivity index (χ3n) is 13.2. The van der Waals surface area contributed by atoms with Gasteiger partial charge >= 0.3 is 0 Å². The van der Waals surface area contributed by atoms with Gasteiger partial charge in [-0.05, 0) is 126 Å². The van der Waals surface area contributed by atoms with Crippen molar-refractivity contribution in [3.05, 3.63) is 90.3 Å². The normalized spacial score (nSPS) is 19.5. The number of fused-ring (bicyclic) bond motifs is 1. The van der Waals surface area contributed by atoms with Gasteiger partial charge in [0.15, 0.2) is 5.65 Å². The molecule has 16 heteroatoms. The molecule has 336 valence electrons. The van der Waals surface area contributed by atoms with E-state index in [0.717, 1.165) is 122 Å². The number of amides is 4. The Morgan fingerprint density at radius 3 is 2.20 bits per heavy atom. The van der Waals surface area contributed by atoms with Crippen LogP contribution in [-0.2, 0) is 14.4 Å². The van der Waals surface area contributed by atoms with E-state index in [1.165, 1.54) is 19.2 Å². The highest BCUT2D eigenvalue weighted by atomic mass is 16.5. The van der Waals surface area contributed by atoms with Crippen molar-refractivity contribution in [2.24, 2.45) is 0 Å². The summed E-state index contributed by atoms with van der Waals surface area (Å²) in [6.07, 6.45) is 6.73. The van der Waals surface area contributed by atoms with Gasteiger partial charge in [0.2, 0.25) is 18.2 Å². The molecule has 0 saturated carbocycles. The predicted molar refractivity (Wildman–Crippen MR) is 246 cm³/mol. The summed E-state index contributed by atoms with van der Waals surface area (Å²) in [5.74, 6) is 0.530. The zero-order valence-corrected chi connectivity index (χ0v) is 37.1. The van der Waals surface area contributed by atoms with E-state index in [-0.39, 0.29) is 18.7 Å². The van der Waals surface area contributed by atoms with Crippen molar-refractivity contribution in [3.63, 3.8) is 0 Å². The molecule has 9 rings (SSSR count). The van der Waals surface area contributed by atoms with E-state index < -0.39 is 17.9 Å². The molecular weight excluding hydrogens is 811 g/mol. The lowest BCUT2D eigenvalue weighted by molar-refractivity contribution is -0.139. The van der Waals surface area contributed by atoms with Gasteiger partial charge in [-0.1, -0.05) is 25.1 Å². The number of nitrogen functional groups attached to an aromatic ring is 1. The number of nitrogens with one attached hydrogen (secondary N) is 1. The molecule has 4 saturated heterocycles. The number of aromatic nitrogens is 4. The van der Waals surface area contributed by atoms with Crippen molar-refractivity contribution in [3.8, 4) is 22.8 Å². The highest BCUT2D eigenvalue weighted by Gasteiger charge is 2.36. The van der Waals surface area contributed by atoms with Crippen LogP contribution < -0.4 is 20.7 Å². The fraction of sp³-hybridized carbons (Fsp3) is 0.438. The fourth-order valence-corrected chi connectivity index (χ4v) is 9.38. The predicted octanol–water partition coefficient (Wildman–Crippen LogP) is 5.14. The molecule has 16 nitrogen and oxygen atoms in total. The number of benzene rings is 3. The van der Waals surface area contributed by atoms with Crippen molar-refractivity contribution in [2.75, 3.05) is 76.6 Å². The van der Waals surface area contributed by atoms with Crippen molar-refractivity contribution in [1.29, 1.82) is 0 Å². The zero-order valence-electron chi connectivity index (χ0n) is 37.1. The minimum atomic E-state index is -0.959. The lowest BCUT2D eigenvalue weighted by atomic mass is 10.0. The summed E-state index contributed by atoms with van der Waals surface area (Å²) in [5, 5.41) is 8.00. The van der Waals surface area contributed by atoms with E-state index in [9.17, 15) is 19.2 Å². The van der Waals surface area contributed by atoms with Gasteiger partial charge in [0.25, 0.3) is 5.91 Å². The molecule has 2 aromatic heterocycles. The monoisotopic (exact) mass is 869 g/mol. The first-order valence-electron chi connectivity index (χ1n) is 22.5. The molecule has 0 radical (unpaired) electrons. The molecular formula is C48H59N11O5. The highest BCUT2D eigenvalue weighted by Crippen LogP contribution is 2.35. The quantitative estimate of drug-likeness (QED) is 0.140. The van der Waals surface area contributed by atoms with E-state index in [1.54, 1.807) is 6.07 Å². The second-order valence-electron chi connectivity index (χ2n) is 17.2. The number of ether oxygens (including phenoxy) is 1. The summed E-state index contributed by atoms with van der Waals surface area (Å²) in [7, 11) is 2.18. The largest absolute Gasteiger partial charge is 0.457 e. The molecule has 4 aliphatic heterocycles. The van der Waals surface area contributed by atoms with Crippen LogP contribution in [0.25, 0.3) is 22.3 Å². The minimum absolute atomic E-state index is 0.107. The van der Waals surface area contributed by atoms with E-state index in [2.05, 4.69) is 53.5 Å². The van der Waals surface area contributed by atoms with Gasteiger partial charge < -0.3 is 25.2 Å². The number of imide groups is 2. The molecule has 5 aromatic rings. The Balaban J connectivity index is 0.000000175. The number of anilines is 2. The van der Waals surface area contributed by atoms with Crippen LogP contribution in [0.1, 0.15) is 67.4 Å². The standard InChI is InChI=1S/C24H26N6O.C24H33N5O4/c1-2-29-14-12-18(13-15-29)30-24-21(23(25)26-16-27-24)22(28-30)17-8-10-20(11-9-17)31-19-6-4-3-5-7-19;1-17-15-19(28-13-11-27(12-14-28)18-7-9-26(2)10-8-18)3-4-20(17)24(33)29(16-30)21-5-6-22(31)25-23(21)32/h3-11,16,18H,2,12-15H2,1H3,(H2,25,26,27);3-4,15-16,18,21H,5-14H2,1-2H3,(H,25,31,32). The van der Waals surface area contributed by atoms with Crippen molar-refractivity contribution >= 4 is 46.7 Å². The van der Waals surface area contributed by atoms with Crippen LogP contribution in [0, 0.1) is 6.92 Å². The molecule has 0 aliphatic carbocycles. The van der Waals surface area contributed by atoms with Gasteiger partial charge in [0, 0.05) is 68.5 Å². The first-order valence-corrected chi connectivity index (χ1v) is 22.5. The van der Waals surface area contributed by atoms with Crippen LogP contribution in [0.2, 0.25) is 0 Å². The number of nitrogens with zero attached hydrogens (tertiary/aromatic N) is 9. The smallest absolute Gasteiger partial charge is 0.261 e. The number of carbonyl (C=O) groups excluding carboxylic acids is 4. The zero-order chi connectivity index (χ0) is 44.7. The molecule has 3 aromatic carbocycles. The Kier molecular flexibility index (Phi) is 13.9. The van der Waals surface area contributed by atoms with Gasteiger partial charge in [-0.2, -0.15) is 5.10 Å². The summed E-state index contributed by atoms with van der Waals surface area (Å²) in [6.45, 7) is 13.6. The molecule has 4 amide bonds. The number of hydrogen-bond acceptors (Lipinski definition) is 13. The highest BCUT2D eigenvalue weighted by molar-refractivity contribution is 6.07. The second-order valence-corrected chi connectivity index (χ2v) is 17.2. The SMILES string of the molecule is CCN1CCC(n2nc(-c3ccc(Oc4ccccc4)cc3)c3c(N)ncnc32)CC1.Cc1cc(N2CCN(C3CCN(C)CC3)CC2)ccc1C(=O)N(C=O)C1CCC(=O)NC1=O. The number of aryl methyl sites for hydroxylation is 1. The van der Waals surface area contributed by atoms with Crippen LogP contribution in [0.3, 0.4) is 0 Å². The van der Waals surface area contributed by atoms with Crippen LogP contribution in [-0.4, -0.2) is 142 Å². The molecule has 0 bridgehead atoms. The topological polar surface area (TPSA) is 175 Å². The summed E-state index contributed by atoms with van der Waals surface area (Å²) < 4.78 is 7.98. The first-order chi connectivity index (χ1) is 31.1. The molecule has 6 heterocycles. The van der Waals surface area contributed by atoms with Gasteiger partial charge in [-0.15, -0.1) is 0 Å². The number of piperidine rings is 3. The van der Waals surface area contributed by atoms with Crippen LogP contribution in [0.5, 0.6) is 11.5 Å². The summed E-state index contributed by atoms with van der Waals surface area (Å²) >= 11 is 0. The van der Waals surface area contributed by atoms with Crippen molar-refractivity contribution < 1.29 is 23.9 Å². The second kappa shape index (κ2) is 20.1. The van der Waals surface area contributed by atoms with E-state index in [1.807, 2.05) is 73.7 Å². The van der Waals surface area contributed by atoms with Crippen LogP contribution >= 0.6 is 0 Å². The van der Waals surface area contributed by atoms with Crippen LogP contribution in [0.15, 0.2) is 79.1 Å². The number of piperazine rings is 1. The van der Waals surface area contributed by atoms with E-state index in [0.29, 0.717) is 29.9 Å². The summed E-state index contributed by atoms with van der Waals surface area (Å²) in [4.78, 5) is 67.8. The Bertz CT molecular complexity index is 2420. The molecule has 4 aliphatic rings. The Morgan fingerprint density at radius 2 is 1.55 bits per heavy atom. The summed E-state index contributed by atoms with van der Waals surface area (Å²) in [6, 6.07) is 23.3. The molecule has 4 fully saturated rings. The summed E-state index contributed by atoms with van der Waals surface area (Å²) in [5.41, 5.74) is 11.1. The molecule has 3 N–H and O–H groups in total. The number of likely N-dealkylation sites (tertiary alicyclic amines) is 2.